The van der Waals surface area contributed by atoms with E-state index < -0.39 is 0 Å². The van der Waals surface area contributed by atoms with Gasteiger partial charge < -0.3 is 5.73 Å². The number of nitrogens with zero attached hydrogens (tertiary/aromatic N) is 3. The predicted octanol–water partition coefficient (Wildman–Crippen LogP) is 1.82. The molecule has 2 N–H and O–H groups in total. The maximum atomic E-state index is 5.63. The zero-order valence-corrected chi connectivity index (χ0v) is 10.7. The van der Waals surface area contributed by atoms with Gasteiger partial charge in [-0.15, -0.1) is 0 Å². The van der Waals surface area contributed by atoms with Crippen molar-refractivity contribution in [3.63, 3.8) is 0 Å². The van der Waals surface area contributed by atoms with Crippen LogP contribution in [0.25, 0.3) is 0 Å². The van der Waals surface area contributed by atoms with Crippen LogP contribution >= 0.6 is 0 Å². The van der Waals surface area contributed by atoms with Crippen LogP contribution in [0.15, 0.2) is 0 Å². The van der Waals surface area contributed by atoms with Crippen molar-refractivity contribution in [1.82, 2.24) is 14.8 Å². The first-order valence-corrected chi connectivity index (χ1v) is 6.24. The first-order chi connectivity index (χ1) is 7.67. The zero-order valence-electron chi connectivity index (χ0n) is 10.7. The molecule has 0 spiro atoms. The van der Waals surface area contributed by atoms with Gasteiger partial charge in [-0.25, -0.2) is 4.98 Å². The van der Waals surface area contributed by atoms with Gasteiger partial charge in [-0.05, 0) is 32.2 Å². The Labute approximate surface area is 98.2 Å². The van der Waals surface area contributed by atoms with E-state index in [2.05, 4.69) is 17.0 Å². The van der Waals surface area contributed by atoms with Crippen LogP contribution in [-0.4, -0.2) is 21.3 Å². The SMILES string of the molecule is CCCC(CCN)CCc1nc(C)nn1C. The summed E-state index contributed by atoms with van der Waals surface area (Å²) in [7, 11) is 1.97. The van der Waals surface area contributed by atoms with Crippen LogP contribution < -0.4 is 5.73 Å². The molecule has 16 heavy (non-hydrogen) atoms. The van der Waals surface area contributed by atoms with Gasteiger partial charge in [-0.2, -0.15) is 5.10 Å². The maximum absolute atomic E-state index is 5.63. The quantitative estimate of drug-likeness (QED) is 0.768. The molecule has 0 aliphatic rings. The molecule has 0 saturated heterocycles. The number of aryl methyl sites for hydroxylation is 3. The molecule has 4 nitrogen and oxygen atoms in total. The van der Waals surface area contributed by atoms with Crippen LogP contribution in [0.2, 0.25) is 0 Å². The van der Waals surface area contributed by atoms with Gasteiger partial charge in [0.25, 0.3) is 0 Å². The molecule has 0 aromatic carbocycles. The topological polar surface area (TPSA) is 56.7 Å². The third kappa shape index (κ3) is 3.93. The average Bonchev–Trinajstić information content (AvgIpc) is 2.54. The van der Waals surface area contributed by atoms with Gasteiger partial charge in [0.1, 0.15) is 11.6 Å². The molecule has 1 atom stereocenters. The Hall–Kier alpha value is -0.900. The van der Waals surface area contributed by atoms with Gasteiger partial charge in [0.2, 0.25) is 0 Å². The lowest BCUT2D eigenvalue weighted by atomic mass is 9.94. The number of hydrogen-bond donors (Lipinski definition) is 1. The number of hydrogen-bond acceptors (Lipinski definition) is 3. The first-order valence-electron chi connectivity index (χ1n) is 6.24. The van der Waals surface area contributed by atoms with Crippen molar-refractivity contribution in [1.29, 1.82) is 0 Å². The maximum Gasteiger partial charge on any atom is 0.147 e. The van der Waals surface area contributed by atoms with E-state index in [0.717, 1.165) is 37.0 Å². The van der Waals surface area contributed by atoms with E-state index in [1.54, 1.807) is 0 Å². The van der Waals surface area contributed by atoms with Crippen molar-refractivity contribution in [3.05, 3.63) is 11.6 Å². The van der Waals surface area contributed by atoms with Crippen molar-refractivity contribution >= 4 is 0 Å². The van der Waals surface area contributed by atoms with Crippen LogP contribution in [0.4, 0.5) is 0 Å². The molecule has 1 heterocycles. The van der Waals surface area contributed by atoms with Crippen LogP contribution in [0, 0.1) is 12.8 Å². The van der Waals surface area contributed by atoms with E-state index in [1.807, 2.05) is 18.7 Å². The minimum atomic E-state index is 0.743. The Morgan fingerprint density at radius 1 is 1.31 bits per heavy atom. The van der Waals surface area contributed by atoms with Crippen LogP contribution in [0.3, 0.4) is 0 Å². The number of rotatable bonds is 7. The van der Waals surface area contributed by atoms with Gasteiger partial charge in [0, 0.05) is 13.5 Å². The molecule has 0 saturated carbocycles. The minimum Gasteiger partial charge on any atom is -0.330 e. The van der Waals surface area contributed by atoms with Crippen LogP contribution in [0.1, 0.15) is 44.3 Å². The second-order valence-electron chi connectivity index (χ2n) is 4.47. The summed E-state index contributed by atoms with van der Waals surface area (Å²) in [5.74, 6) is 2.70. The van der Waals surface area contributed by atoms with Gasteiger partial charge in [0.05, 0.1) is 0 Å². The highest BCUT2D eigenvalue weighted by molar-refractivity contribution is 4.90. The summed E-state index contributed by atoms with van der Waals surface area (Å²) < 4.78 is 1.89. The van der Waals surface area contributed by atoms with E-state index in [4.69, 9.17) is 5.73 Å². The van der Waals surface area contributed by atoms with Crippen LogP contribution in [-0.2, 0) is 13.5 Å². The van der Waals surface area contributed by atoms with Gasteiger partial charge in [-0.3, -0.25) is 4.68 Å². The monoisotopic (exact) mass is 224 g/mol. The predicted molar refractivity (Wildman–Crippen MR) is 66.1 cm³/mol. The molecule has 4 heteroatoms. The molecular formula is C12H24N4. The Morgan fingerprint density at radius 2 is 2.06 bits per heavy atom. The number of nitrogens with two attached hydrogens (primary N) is 1. The Balaban J connectivity index is 2.44. The van der Waals surface area contributed by atoms with E-state index >= 15 is 0 Å². The molecule has 0 fully saturated rings. The molecule has 0 bridgehead atoms. The fourth-order valence-electron chi connectivity index (χ4n) is 2.18. The van der Waals surface area contributed by atoms with Crippen molar-refractivity contribution in [2.45, 2.75) is 46.0 Å². The van der Waals surface area contributed by atoms with Crippen molar-refractivity contribution < 1.29 is 0 Å². The van der Waals surface area contributed by atoms with E-state index in [1.165, 1.54) is 19.3 Å². The van der Waals surface area contributed by atoms with E-state index in [9.17, 15) is 0 Å². The Morgan fingerprint density at radius 3 is 2.56 bits per heavy atom. The van der Waals surface area contributed by atoms with Crippen molar-refractivity contribution in [2.24, 2.45) is 18.7 Å². The normalized spacial score (nSPS) is 13.0. The molecule has 1 unspecified atom stereocenters. The zero-order chi connectivity index (χ0) is 12.0. The number of aromatic nitrogens is 3. The molecule has 0 amide bonds. The van der Waals surface area contributed by atoms with Gasteiger partial charge in [-0.1, -0.05) is 19.8 Å². The lowest BCUT2D eigenvalue weighted by Crippen LogP contribution is -2.11. The molecule has 0 radical (unpaired) electrons. The highest BCUT2D eigenvalue weighted by Gasteiger charge is 2.10. The minimum absolute atomic E-state index is 0.743. The Kier molecular flexibility index (Phi) is 5.46. The largest absolute Gasteiger partial charge is 0.330 e. The standard InChI is InChI=1S/C12H24N4/c1-4-5-11(8-9-13)6-7-12-14-10(2)15-16(12)3/h11H,4-9,13H2,1-3H3. The molecule has 92 valence electrons. The Bertz CT molecular complexity index is 300. The molecule has 1 aromatic rings. The molecule has 0 aliphatic heterocycles. The van der Waals surface area contributed by atoms with E-state index in [-0.39, 0.29) is 0 Å². The summed E-state index contributed by atoms with van der Waals surface area (Å²) in [6.07, 6.45) is 5.83. The fourth-order valence-corrected chi connectivity index (χ4v) is 2.18. The van der Waals surface area contributed by atoms with Crippen molar-refractivity contribution in [2.75, 3.05) is 6.54 Å². The molecule has 1 aromatic heterocycles. The summed E-state index contributed by atoms with van der Waals surface area (Å²) in [6, 6.07) is 0. The van der Waals surface area contributed by atoms with E-state index in [0.29, 0.717) is 0 Å². The second-order valence-corrected chi connectivity index (χ2v) is 4.47. The fraction of sp³-hybridized carbons (Fsp3) is 0.833. The summed E-state index contributed by atoms with van der Waals surface area (Å²) >= 11 is 0. The average molecular weight is 224 g/mol. The lowest BCUT2D eigenvalue weighted by Gasteiger charge is -2.14. The molecule has 1 rings (SSSR count). The first kappa shape index (κ1) is 13.2. The molecule has 0 aliphatic carbocycles. The summed E-state index contributed by atoms with van der Waals surface area (Å²) in [5.41, 5.74) is 5.63. The summed E-state index contributed by atoms with van der Waals surface area (Å²) in [5, 5.41) is 4.26. The third-order valence-corrected chi connectivity index (χ3v) is 3.01. The highest BCUT2D eigenvalue weighted by atomic mass is 15.3. The van der Waals surface area contributed by atoms with Gasteiger partial charge >= 0.3 is 0 Å². The summed E-state index contributed by atoms with van der Waals surface area (Å²) in [6.45, 7) is 4.96. The van der Waals surface area contributed by atoms with Crippen LogP contribution in [0.5, 0.6) is 0 Å². The smallest absolute Gasteiger partial charge is 0.147 e. The second kappa shape index (κ2) is 6.63. The lowest BCUT2D eigenvalue weighted by molar-refractivity contribution is 0.414. The van der Waals surface area contributed by atoms with Crippen molar-refractivity contribution in [3.8, 4) is 0 Å². The van der Waals surface area contributed by atoms with Gasteiger partial charge in [0.15, 0.2) is 0 Å². The molecular weight excluding hydrogens is 200 g/mol. The highest BCUT2D eigenvalue weighted by Crippen LogP contribution is 2.17. The third-order valence-electron chi connectivity index (χ3n) is 3.01. The summed E-state index contributed by atoms with van der Waals surface area (Å²) in [4.78, 5) is 4.42.